The SMILES string of the molecule is C1=Cc2c(oc3cccc(C4NC(c5ccccc5)=NC(c5ccccc5)N4)c23)C(c2cccc3sc4ccc(-n5c6ccccc6c6ccccc65)cc4c23)C1. The molecule has 3 aromatic heterocycles. The van der Waals surface area contributed by atoms with Gasteiger partial charge in [-0.3, -0.25) is 5.32 Å². The molecule has 10 aromatic rings. The Kier molecular flexibility index (Phi) is 7.37. The zero-order valence-electron chi connectivity index (χ0n) is 30.9. The number of benzene rings is 7. The number of fused-ring (bicyclic) bond motifs is 9. The Labute approximate surface area is 333 Å². The van der Waals surface area contributed by atoms with E-state index in [0.717, 1.165) is 51.2 Å². The molecule has 0 amide bonds. The summed E-state index contributed by atoms with van der Waals surface area (Å²) in [4.78, 5) is 5.16. The molecule has 0 radical (unpaired) electrons. The lowest BCUT2D eigenvalue weighted by atomic mass is 9.84. The highest BCUT2D eigenvalue weighted by Gasteiger charge is 2.32. The van der Waals surface area contributed by atoms with E-state index in [9.17, 15) is 0 Å². The van der Waals surface area contributed by atoms with Gasteiger partial charge in [0, 0.05) is 64.6 Å². The van der Waals surface area contributed by atoms with E-state index in [2.05, 4.69) is 185 Å². The maximum atomic E-state index is 6.99. The van der Waals surface area contributed by atoms with Crippen molar-refractivity contribution in [2.45, 2.75) is 24.7 Å². The standard InChI is InChI=1S/C51H36N4OS/c1-3-14-31(15-4-1)49-52-50(32-16-5-2-6-17-32)54-51(53-49)39-23-12-26-43-46(39)38-22-11-21-37(48(38)56-43)36-20-13-27-45-47(36)40-30-33(28-29-44(40)57-45)55-41-24-9-7-18-34(41)35-19-8-10-25-42(35)55/h1-20,22-30,37,49,51,53H,21H2,(H,52,54). The number of hydrogen-bond acceptors (Lipinski definition) is 5. The molecule has 0 saturated carbocycles. The molecule has 272 valence electrons. The van der Waals surface area contributed by atoms with Gasteiger partial charge < -0.3 is 14.3 Å². The second kappa shape index (κ2) is 12.9. The van der Waals surface area contributed by atoms with Crippen LogP contribution in [0.2, 0.25) is 0 Å². The third-order valence-electron chi connectivity index (χ3n) is 11.8. The van der Waals surface area contributed by atoms with Crippen molar-refractivity contribution in [2.75, 3.05) is 0 Å². The predicted octanol–water partition coefficient (Wildman–Crippen LogP) is 12.8. The highest BCUT2D eigenvalue weighted by atomic mass is 32.1. The number of thiophene rings is 1. The molecular formula is C51H36N4OS. The summed E-state index contributed by atoms with van der Waals surface area (Å²) < 4.78 is 12.0. The van der Waals surface area contributed by atoms with Gasteiger partial charge in [0.1, 0.15) is 29.5 Å². The van der Waals surface area contributed by atoms with E-state index in [1.54, 1.807) is 0 Å². The molecule has 4 heterocycles. The van der Waals surface area contributed by atoms with E-state index in [1.807, 2.05) is 17.4 Å². The smallest absolute Gasteiger partial charge is 0.135 e. The van der Waals surface area contributed by atoms with Crippen LogP contribution in [0.1, 0.15) is 58.2 Å². The zero-order chi connectivity index (χ0) is 37.5. The second-order valence-corrected chi connectivity index (χ2v) is 16.1. The van der Waals surface area contributed by atoms with E-state index < -0.39 is 0 Å². The van der Waals surface area contributed by atoms with Gasteiger partial charge in [0.05, 0.1) is 11.0 Å². The number of furan rings is 1. The molecule has 12 rings (SSSR count). The van der Waals surface area contributed by atoms with Crippen LogP contribution in [0.3, 0.4) is 0 Å². The first-order valence-corrected chi connectivity index (χ1v) is 20.4. The largest absolute Gasteiger partial charge is 0.460 e. The molecule has 3 atom stereocenters. The summed E-state index contributed by atoms with van der Waals surface area (Å²) in [6.45, 7) is 0. The molecule has 6 heteroatoms. The Hall–Kier alpha value is -6.73. The normalized spacial score (nSPS) is 18.0. The molecule has 7 aromatic carbocycles. The third kappa shape index (κ3) is 5.15. The van der Waals surface area contributed by atoms with Gasteiger partial charge in [-0.25, -0.2) is 4.99 Å². The lowest BCUT2D eigenvalue weighted by Gasteiger charge is -2.32. The molecule has 0 saturated heterocycles. The molecule has 2 aliphatic rings. The maximum absolute atomic E-state index is 6.99. The topological polar surface area (TPSA) is 54.5 Å². The second-order valence-electron chi connectivity index (χ2n) is 15.1. The summed E-state index contributed by atoms with van der Waals surface area (Å²) in [5.74, 6) is 1.96. The van der Waals surface area contributed by atoms with Gasteiger partial charge in [-0.2, -0.15) is 0 Å². The number of nitrogens with zero attached hydrogens (tertiary/aromatic N) is 2. The van der Waals surface area contributed by atoms with E-state index >= 15 is 0 Å². The first-order chi connectivity index (χ1) is 28.3. The van der Waals surface area contributed by atoms with Crippen molar-refractivity contribution in [1.29, 1.82) is 0 Å². The summed E-state index contributed by atoms with van der Waals surface area (Å²) in [6, 6.07) is 58.6. The predicted molar refractivity (Wildman–Crippen MR) is 237 cm³/mol. The van der Waals surface area contributed by atoms with Crippen LogP contribution in [0.5, 0.6) is 0 Å². The fourth-order valence-corrected chi connectivity index (χ4v) is 10.4. The lowest BCUT2D eigenvalue weighted by molar-refractivity contribution is 0.411. The van der Waals surface area contributed by atoms with E-state index in [1.165, 1.54) is 53.2 Å². The molecule has 1 aliphatic carbocycles. The van der Waals surface area contributed by atoms with Gasteiger partial charge in [0.2, 0.25) is 0 Å². The van der Waals surface area contributed by atoms with Crippen LogP contribution in [0.15, 0.2) is 179 Å². The third-order valence-corrected chi connectivity index (χ3v) is 13.0. The number of allylic oxidation sites excluding steroid dienone is 1. The fourth-order valence-electron chi connectivity index (χ4n) is 9.32. The average Bonchev–Trinajstić information content (AvgIpc) is 3.96. The minimum absolute atomic E-state index is 0.0643. The summed E-state index contributed by atoms with van der Waals surface area (Å²) in [5, 5.41) is 13.9. The molecule has 3 unspecified atom stereocenters. The quantitative estimate of drug-likeness (QED) is 0.184. The molecule has 0 fully saturated rings. The number of para-hydroxylation sites is 2. The fraction of sp³-hybridized carbons (Fsp3) is 0.0784. The van der Waals surface area contributed by atoms with Gasteiger partial charge in [0.15, 0.2) is 0 Å². The minimum atomic E-state index is -0.217. The number of nitrogens with one attached hydrogen (secondary N) is 2. The first-order valence-electron chi connectivity index (χ1n) is 19.6. The van der Waals surface area contributed by atoms with Crippen molar-refractivity contribution in [3.05, 3.63) is 203 Å². The van der Waals surface area contributed by atoms with E-state index in [4.69, 9.17) is 9.41 Å². The van der Waals surface area contributed by atoms with E-state index in [-0.39, 0.29) is 18.2 Å². The summed E-state index contributed by atoms with van der Waals surface area (Å²) in [5.41, 5.74) is 10.3. The molecule has 0 spiro atoms. The molecule has 2 N–H and O–H groups in total. The van der Waals surface area contributed by atoms with Crippen LogP contribution < -0.4 is 10.6 Å². The van der Waals surface area contributed by atoms with Crippen LogP contribution >= 0.6 is 11.3 Å². The van der Waals surface area contributed by atoms with Gasteiger partial charge in [-0.15, -0.1) is 11.3 Å². The van der Waals surface area contributed by atoms with Gasteiger partial charge in [0.25, 0.3) is 0 Å². The Morgan fingerprint density at radius 3 is 2.16 bits per heavy atom. The Balaban J connectivity index is 0.994. The number of amidine groups is 1. The van der Waals surface area contributed by atoms with Crippen molar-refractivity contribution in [2.24, 2.45) is 4.99 Å². The molecule has 0 bridgehead atoms. The maximum Gasteiger partial charge on any atom is 0.135 e. The molecule has 1 aliphatic heterocycles. The van der Waals surface area contributed by atoms with Gasteiger partial charge in [-0.1, -0.05) is 133 Å². The van der Waals surface area contributed by atoms with Crippen molar-refractivity contribution in [3.63, 3.8) is 0 Å². The summed E-state index contributed by atoms with van der Waals surface area (Å²) in [6.07, 6.45) is 5.06. The van der Waals surface area contributed by atoms with Crippen LogP contribution in [0, 0.1) is 0 Å². The number of rotatable bonds is 5. The van der Waals surface area contributed by atoms with Gasteiger partial charge in [-0.05, 0) is 60.0 Å². The minimum Gasteiger partial charge on any atom is -0.460 e. The highest BCUT2D eigenvalue weighted by molar-refractivity contribution is 7.25. The van der Waals surface area contributed by atoms with Crippen molar-refractivity contribution < 1.29 is 4.42 Å². The Morgan fingerprint density at radius 1 is 0.632 bits per heavy atom. The van der Waals surface area contributed by atoms with Crippen LogP contribution in [0.25, 0.3) is 64.7 Å². The summed E-state index contributed by atoms with van der Waals surface area (Å²) >= 11 is 1.87. The number of aromatic nitrogens is 1. The number of hydrogen-bond donors (Lipinski definition) is 2. The van der Waals surface area contributed by atoms with E-state index in [0.29, 0.717) is 0 Å². The Morgan fingerprint density at radius 2 is 1.35 bits per heavy atom. The summed E-state index contributed by atoms with van der Waals surface area (Å²) in [7, 11) is 0. The van der Waals surface area contributed by atoms with Crippen molar-refractivity contribution in [3.8, 4) is 5.69 Å². The van der Waals surface area contributed by atoms with Crippen molar-refractivity contribution in [1.82, 2.24) is 15.2 Å². The molecule has 57 heavy (non-hydrogen) atoms. The Bertz CT molecular complexity index is 3190. The molecular weight excluding hydrogens is 717 g/mol. The van der Waals surface area contributed by atoms with Crippen LogP contribution in [0.4, 0.5) is 0 Å². The average molecular weight is 753 g/mol. The van der Waals surface area contributed by atoms with Gasteiger partial charge >= 0.3 is 0 Å². The molecule has 5 nitrogen and oxygen atoms in total. The van der Waals surface area contributed by atoms with Crippen LogP contribution in [-0.4, -0.2) is 10.4 Å². The monoisotopic (exact) mass is 752 g/mol. The lowest BCUT2D eigenvalue weighted by Crippen LogP contribution is -2.45. The van der Waals surface area contributed by atoms with Crippen molar-refractivity contribution >= 4 is 76.2 Å². The van der Waals surface area contributed by atoms with Crippen LogP contribution in [-0.2, 0) is 0 Å². The zero-order valence-corrected chi connectivity index (χ0v) is 31.7. The highest BCUT2D eigenvalue weighted by Crippen LogP contribution is 2.47. The first kappa shape index (κ1) is 32.5. The number of aliphatic imine (C=N–C) groups is 1.